The molecule has 8 rings (SSSR count). The van der Waals surface area contributed by atoms with Gasteiger partial charge in [-0.25, -0.2) is 17.6 Å². The van der Waals surface area contributed by atoms with Crippen molar-refractivity contribution in [3.8, 4) is 22.9 Å². The fourth-order valence-corrected chi connectivity index (χ4v) is 8.38. The van der Waals surface area contributed by atoms with Crippen LogP contribution in [0.4, 0.5) is 23.4 Å². The first-order chi connectivity index (χ1) is 25.0. The largest absolute Gasteiger partial charge is 0.508 e. The highest BCUT2D eigenvalue weighted by Crippen LogP contribution is 2.43. The Labute approximate surface area is 297 Å². The first kappa shape index (κ1) is 34.1. The summed E-state index contributed by atoms with van der Waals surface area (Å²) in [6.07, 6.45) is 1.79. The molecule has 0 spiro atoms. The van der Waals surface area contributed by atoms with Gasteiger partial charge >= 0.3 is 6.01 Å². The van der Waals surface area contributed by atoms with E-state index in [2.05, 4.69) is 15.0 Å². The van der Waals surface area contributed by atoms with Gasteiger partial charge in [-0.15, -0.1) is 0 Å². The van der Waals surface area contributed by atoms with Crippen molar-refractivity contribution in [3.05, 3.63) is 70.8 Å². The fraction of sp³-hybridized carbons (Fsp3) is 0.421. The van der Waals surface area contributed by atoms with E-state index in [4.69, 9.17) is 9.72 Å². The highest BCUT2D eigenvalue weighted by Gasteiger charge is 2.49. The maximum Gasteiger partial charge on any atom is 0.319 e. The molecule has 0 bridgehead atoms. The summed E-state index contributed by atoms with van der Waals surface area (Å²) in [5.41, 5.74) is 0.0228. The summed E-state index contributed by atoms with van der Waals surface area (Å²) in [6, 6.07) is 8.13. The van der Waals surface area contributed by atoms with Gasteiger partial charge in [0.25, 0.3) is 5.91 Å². The number of aromatic nitrogens is 4. The minimum atomic E-state index is -1.02. The lowest BCUT2D eigenvalue weighted by Crippen LogP contribution is -2.43. The molecule has 52 heavy (non-hydrogen) atoms. The number of ether oxygens (including phenoxy) is 1. The van der Waals surface area contributed by atoms with Gasteiger partial charge < -0.3 is 19.6 Å². The average molecular weight is 718 g/mol. The van der Waals surface area contributed by atoms with Crippen LogP contribution < -0.4 is 9.64 Å². The number of carbonyl (C=O) groups excluding carboxylic acids is 1. The standard InChI is InChI=1S/C38H39F4N7O3/c1-4-25-28(40)8-7-21-13-24(50)15-26(31(21)25)32-29(41)16-27-34(33(32)42)43-37(52-20-38-9-5-11-48(38)18-22(39)17-38)44-35(27)47-10-6-12-49-23(19-47)14-30(45-49)36(51)46(2)3/h7-8,13-16,22,50H,4-6,9-12,17-20H2,1-3H3/t22-,38+/m1/s1. The highest BCUT2D eigenvalue weighted by molar-refractivity contribution is 6.03. The Hall–Kier alpha value is -4.98. The molecule has 1 N–H and O–H groups in total. The molecule has 272 valence electrons. The summed E-state index contributed by atoms with van der Waals surface area (Å²) in [5.74, 6) is -2.76. The van der Waals surface area contributed by atoms with Gasteiger partial charge in [0.1, 0.15) is 41.5 Å². The molecule has 3 aliphatic rings. The minimum Gasteiger partial charge on any atom is -0.508 e. The highest BCUT2D eigenvalue weighted by atomic mass is 19.1. The van der Waals surface area contributed by atoms with Crippen LogP contribution in [0.15, 0.2) is 36.4 Å². The molecule has 5 aromatic rings. The van der Waals surface area contributed by atoms with Gasteiger partial charge in [0.15, 0.2) is 11.5 Å². The minimum absolute atomic E-state index is 0.0110. The zero-order valence-electron chi connectivity index (χ0n) is 29.2. The van der Waals surface area contributed by atoms with Crippen LogP contribution in [0.25, 0.3) is 32.8 Å². The van der Waals surface area contributed by atoms with Crippen LogP contribution in [0, 0.1) is 17.5 Å². The third-order valence-electron chi connectivity index (χ3n) is 10.8. The predicted molar refractivity (Wildman–Crippen MR) is 188 cm³/mol. The summed E-state index contributed by atoms with van der Waals surface area (Å²) in [6.45, 7) is 4.09. The second-order valence-corrected chi connectivity index (χ2v) is 14.3. The number of anilines is 1. The molecule has 0 saturated carbocycles. The van der Waals surface area contributed by atoms with Crippen LogP contribution >= 0.6 is 0 Å². The van der Waals surface area contributed by atoms with Crippen molar-refractivity contribution >= 4 is 33.4 Å². The summed E-state index contributed by atoms with van der Waals surface area (Å²) in [4.78, 5) is 27.4. The van der Waals surface area contributed by atoms with Crippen LogP contribution in [0.5, 0.6) is 11.8 Å². The van der Waals surface area contributed by atoms with E-state index in [9.17, 15) is 14.3 Å². The molecule has 14 heteroatoms. The molecular weight excluding hydrogens is 678 g/mol. The number of phenolic OH excluding ortho intramolecular Hbond substituents is 1. The fourth-order valence-electron chi connectivity index (χ4n) is 8.38. The predicted octanol–water partition coefficient (Wildman–Crippen LogP) is 6.40. The number of phenols is 1. The number of aromatic hydroxyl groups is 1. The number of aryl methyl sites for hydroxylation is 2. The third-order valence-corrected chi connectivity index (χ3v) is 10.8. The van der Waals surface area contributed by atoms with Crippen LogP contribution in [0.2, 0.25) is 0 Å². The first-order valence-corrected chi connectivity index (χ1v) is 17.7. The van der Waals surface area contributed by atoms with Gasteiger partial charge in [0.05, 0.1) is 23.3 Å². The SMILES string of the molecule is CCc1c(F)ccc2cc(O)cc(-c3c(F)cc4c(N5CCCn6nc(C(=O)N(C)C)cc6C5)nc(OC[C@@]56CCCN5C[C@H](F)C6)nc4c3F)c12. The molecule has 3 aromatic carbocycles. The Kier molecular flexibility index (Phi) is 8.47. The van der Waals surface area contributed by atoms with Crippen molar-refractivity contribution in [1.82, 2.24) is 29.5 Å². The number of hydrogen-bond donors (Lipinski definition) is 1. The second-order valence-electron chi connectivity index (χ2n) is 14.3. The Morgan fingerprint density at radius 1 is 1.06 bits per heavy atom. The maximum atomic E-state index is 17.1. The number of fused-ring (bicyclic) bond motifs is 4. The molecule has 0 aliphatic carbocycles. The summed E-state index contributed by atoms with van der Waals surface area (Å²) in [7, 11) is 3.29. The Morgan fingerprint density at radius 2 is 1.88 bits per heavy atom. The van der Waals surface area contributed by atoms with Crippen LogP contribution in [-0.2, 0) is 19.5 Å². The first-order valence-electron chi connectivity index (χ1n) is 17.7. The normalized spacial score (nSPS) is 20.4. The van der Waals surface area contributed by atoms with Crippen LogP contribution in [0.1, 0.15) is 54.4 Å². The lowest BCUT2D eigenvalue weighted by molar-refractivity contribution is 0.0821. The number of hydrogen-bond acceptors (Lipinski definition) is 8. The Balaban J connectivity index is 1.29. The molecule has 0 radical (unpaired) electrons. The van der Waals surface area contributed by atoms with Gasteiger partial charge in [-0.05, 0) is 84.5 Å². The zero-order chi connectivity index (χ0) is 36.5. The van der Waals surface area contributed by atoms with Crippen LogP contribution in [-0.4, -0.2) is 92.6 Å². The molecule has 3 aliphatic heterocycles. The summed E-state index contributed by atoms with van der Waals surface area (Å²) in [5, 5.41) is 16.0. The Bertz CT molecular complexity index is 2240. The van der Waals surface area contributed by atoms with Crippen molar-refractivity contribution < 1.29 is 32.2 Å². The number of carbonyl (C=O) groups is 1. The van der Waals surface area contributed by atoms with E-state index in [1.807, 2.05) is 4.90 Å². The van der Waals surface area contributed by atoms with Gasteiger partial charge in [0.2, 0.25) is 0 Å². The third kappa shape index (κ3) is 5.67. The molecular formula is C38H39F4N7O3. The molecule has 10 nitrogen and oxygen atoms in total. The van der Waals surface area contributed by atoms with Gasteiger partial charge in [-0.3, -0.25) is 14.4 Å². The van der Waals surface area contributed by atoms with E-state index in [0.717, 1.165) is 25.1 Å². The number of rotatable bonds is 7. The summed E-state index contributed by atoms with van der Waals surface area (Å²) >= 11 is 0. The molecule has 5 heterocycles. The lowest BCUT2D eigenvalue weighted by atomic mass is 9.91. The molecule has 1 amide bonds. The number of halogens is 4. The molecule has 2 atom stereocenters. The smallest absolute Gasteiger partial charge is 0.319 e. The molecule has 0 unspecified atom stereocenters. The number of alkyl halides is 1. The number of benzene rings is 3. The zero-order valence-corrected chi connectivity index (χ0v) is 29.2. The van der Waals surface area contributed by atoms with Gasteiger partial charge in [-0.1, -0.05) is 13.0 Å². The van der Waals surface area contributed by atoms with Gasteiger partial charge in [-0.2, -0.15) is 15.1 Å². The monoisotopic (exact) mass is 717 g/mol. The van der Waals surface area contributed by atoms with E-state index in [1.165, 1.54) is 35.2 Å². The number of nitrogens with zero attached hydrogens (tertiary/aromatic N) is 7. The average Bonchev–Trinajstić information content (AvgIpc) is 3.74. The van der Waals surface area contributed by atoms with Gasteiger partial charge in [0, 0.05) is 45.5 Å². The van der Waals surface area contributed by atoms with E-state index in [1.54, 1.807) is 31.8 Å². The van der Waals surface area contributed by atoms with E-state index in [0.29, 0.717) is 37.9 Å². The summed E-state index contributed by atoms with van der Waals surface area (Å²) < 4.78 is 71.4. The molecule has 2 saturated heterocycles. The van der Waals surface area contributed by atoms with E-state index in [-0.39, 0.29) is 76.2 Å². The van der Waals surface area contributed by atoms with Crippen molar-refractivity contribution in [1.29, 1.82) is 0 Å². The lowest BCUT2D eigenvalue weighted by Gasteiger charge is -2.31. The molecule has 2 fully saturated rings. The van der Waals surface area contributed by atoms with E-state index >= 15 is 13.2 Å². The topological polar surface area (TPSA) is 99.9 Å². The number of amides is 1. The Morgan fingerprint density at radius 3 is 2.67 bits per heavy atom. The molecule has 2 aromatic heterocycles. The van der Waals surface area contributed by atoms with E-state index < -0.39 is 34.7 Å². The van der Waals surface area contributed by atoms with Crippen LogP contribution in [0.3, 0.4) is 0 Å². The van der Waals surface area contributed by atoms with Crippen molar-refractivity contribution in [2.45, 2.75) is 63.8 Å². The maximum absolute atomic E-state index is 17.1. The van der Waals surface area contributed by atoms with Crippen molar-refractivity contribution in [2.75, 3.05) is 45.2 Å². The van der Waals surface area contributed by atoms with Crippen molar-refractivity contribution in [3.63, 3.8) is 0 Å². The van der Waals surface area contributed by atoms with Crippen molar-refractivity contribution in [2.24, 2.45) is 0 Å². The second kappa shape index (κ2) is 12.9. The quantitative estimate of drug-likeness (QED) is 0.193.